The number of morpholine rings is 1. The second-order valence-electron chi connectivity index (χ2n) is 8.37. The number of ether oxygens (including phenoxy) is 1. The van der Waals surface area contributed by atoms with Gasteiger partial charge in [-0.15, -0.1) is 0 Å². The molecular weight excluding hydrogens is 430 g/mol. The van der Waals surface area contributed by atoms with Gasteiger partial charge < -0.3 is 20.3 Å². The van der Waals surface area contributed by atoms with Crippen molar-refractivity contribution in [3.05, 3.63) is 42.5 Å². The summed E-state index contributed by atoms with van der Waals surface area (Å²) in [6.45, 7) is 2.85. The predicted octanol–water partition coefficient (Wildman–Crippen LogP) is 2.30. The van der Waals surface area contributed by atoms with E-state index in [4.69, 9.17) is 4.74 Å². The summed E-state index contributed by atoms with van der Waals surface area (Å²) in [5.74, 6) is 0.0291. The third-order valence-electron chi connectivity index (χ3n) is 6.42. The molecule has 2 aromatic rings. The van der Waals surface area contributed by atoms with Gasteiger partial charge in [0, 0.05) is 48.9 Å². The van der Waals surface area contributed by atoms with Crippen LogP contribution in [0.4, 0.5) is 10.5 Å². The maximum absolute atomic E-state index is 12.8. The van der Waals surface area contributed by atoms with Crippen molar-refractivity contribution >= 4 is 27.3 Å². The van der Waals surface area contributed by atoms with E-state index in [0.717, 1.165) is 6.54 Å². The first-order valence-corrected chi connectivity index (χ1v) is 12.3. The summed E-state index contributed by atoms with van der Waals surface area (Å²) in [5, 5.41) is 6.06. The predicted molar refractivity (Wildman–Crippen MR) is 118 cm³/mol. The van der Waals surface area contributed by atoms with E-state index in [1.807, 2.05) is 0 Å². The number of anilines is 1. The number of hydrogen-bond acceptors (Lipinski definition) is 6. The lowest BCUT2D eigenvalue weighted by Gasteiger charge is -2.33. The number of benzene rings is 2. The lowest BCUT2D eigenvalue weighted by atomic mass is 9.89. The molecule has 9 heteroatoms. The van der Waals surface area contributed by atoms with Gasteiger partial charge in [0.2, 0.25) is 9.84 Å². The first-order valence-electron chi connectivity index (χ1n) is 10.9. The monoisotopic (exact) mass is 455 g/mol. The minimum absolute atomic E-state index is 0.0920. The van der Waals surface area contributed by atoms with Crippen molar-refractivity contribution < 1.29 is 22.7 Å². The molecule has 0 saturated carbocycles. The average molecular weight is 456 g/mol. The number of ketones is 1. The smallest absolute Gasteiger partial charge is 0.321 e. The molecule has 3 aliphatic heterocycles. The molecule has 8 nitrogen and oxygen atoms in total. The molecule has 0 radical (unpaired) electrons. The van der Waals surface area contributed by atoms with Crippen molar-refractivity contribution in [2.75, 3.05) is 38.1 Å². The van der Waals surface area contributed by atoms with Crippen LogP contribution in [-0.4, -0.2) is 64.0 Å². The number of nitrogens with one attached hydrogen (secondary N) is 2. The highest BCUT2D eigenvalue weighted by molar-refractivity contribution is 7.92. The van der Waals surface area contributed by atoms with Gasteiger partial charge in [-0.1, -0.05) is 18.2 Å². The van der Waals surface area contributed by atoms with Gasteiger partial charge in [-0.05, 0) is 37.1 Å². The van der Waals surface area contributed by atoms with Crippen molar-refractivity contribution in [1.29, 1.82) is 0 Å². The third kappa shape index (κ3) is 3.70. The standard InChI is InChI=1S/C23H25N3O5S/c27-22(19-14-24-9-12-31-19)15-7-10-26(11-8-15)23(28)25-16-5-6-21-18(13-16)17-3-1-2-4-20(17)32(21,29)30/h1-6,13,15,19,24H,7-12,14H2,(H,25,28). The van der Waals surface area contributed by atoms with Gasteiger partial charge in [0.25, 0.3) is 0 Å². The maximum Gasteiger partial charge on any atom is 0.321 e. The summed E-state index contributed by atoms with van der Waals surface area (Å²) in [6.07, 6.45) is 0.837. The van der Waals surface area contributed by atoms with Crippen molar-refractivity contribution in [2.24, 2.45) is 5.92 Å². The zero-order chi connectivity index (χ0) is 22.3. The van der Waals surface area contributed by atoms with E-state index < -0.39 is 9.84 Å². The van der Waals surface area contributed by atoms with E-state index in [1.165, 1.54) is 0 Å². The molecule has 3 aliphatic rings. The van der Waals surface area contributed by atoms with E-state index in [2.05, 4.69) is 10.6 Å². The summed E-state index contributed by atoms with van der Waals surface area (Å²) < 4.78 is 31.0. The summed E-state index contributed by atoms with van der Waals surface area (Å²) in [4.78, 5) is 27.7. The average Bonchev–Trinajstić information content (AvgIpc) is 3.06. The van der Waals surface area contributed by atoms with Crippen molar-refractivity contribution in [1.82, 2.24) is 10.2 Å². The number of amides is 2. The fraction of sp³-hybridized carbons (Fsp3) is 0.391. The molecule has 0 aromatic heterocycles. The van der Waals surface area contributed by atoms with E-state index in [-0.39, 0.29) is 28.7 Å². The van der Waals surface area contributed by atoms with Crippen LogP contribution < -0.4 is 10.6 Å². The van der Waals surface area contributed by atoms with Crippen LogP contribution in [0, 0.1) is 5.92 Å². The molecule has 2 saturated heterocycles. The molecule has 1 unspecified atom stereocenters. The number of Topliss-reactive ketones (excluding diaryl/α,β-unsaturated/α-hetero) is 1. The van der Waals surface area contributed by atoms with Crippen LogP contribution in [0.3, 0.4) is 0 Å². The first kappa shape index (κ1) is 21.1. The quantitative estimate of drug-likeness (QED) is 0.628. The molecule has 3 heterocycles. The van der Waals surface area contributed by atoms with Crippen LogP contribution in [-0.2, 0) is 19.4 Å². The Labute approximate surface area is 186 Å². The maximum atomic E-state index is 12.8. The largest absolute Gasteiger partial charge is 0.368 e. The number of fused-ring (bicyclic) bond motifs is 3. The number of carbonyl (C=O) groups excluding carboxylic acids is 2. The highest BCUT2D eigenvalue weighted by Crippen LogP contribution is 2.43. The SMILES string of the molecule is O=C(C1CCN(C(=O)Nc2ccc3c(c2)-c2ccccc2S3(=O)=O)CC1)C1CNCCO1. The molecule has 0 aliphatic carbocycles. The molecule has 5 rings (SSSR count). The van der Waals surface area contributed by atoms with Gasteiger partial charge in [-0.3, -0.25) is 4.79 Å². The van der Waals surface area contributed by atoms with Gasteiger partial charge in [-0.2, -0.15) is 0 Å². The van der Waals surface area contributed by atoms with Gasteiger partial charge in [0.1, 0.15) is 6.10 Å². The van der Waals surface area contributed by atoms with Crippen LogP contribution in [0.2, 0.25) is 0 Å². The number of piperidine rings is 1. The molecule has 2 aromatic carbocycles. The van der Waals surface area contributed by atoms with Crippen LogP contribution in [0.5, 0.6) is 0 Å². The minimum atomic E-state index is -3.52. The fourth-order valence-electron chi connectivity index (χ4n) is 4.68. The van der Waals surface area contributed by atoms with Crippen LogP contribution >= 0.6 is 0 Å². The molecule has 0 spiro atoms. The number of likely N-dealkylation sites (tertiary alicyclic amines) is 1. The van der Waals surface area contributed by atoms with Crippen LogP contribution in [0.1, 0.15) is 12.8 Å². The number of nitrogens with zero attached hydrogens (tertiary/aromatic N) is 1. The summed E-state index contributed by atoms with van der Waals surface area (Å²) >= 11 is 0. The Morgan fingerprint density at radius 1 is 1.03 bits per heavy atom. The Balaban J connectivity index is 1.24. The molecule has 2 fully saturated rings. The molecular formula is C23H25N3O5S. The Bertz CT molecular complexity index is 1170. The molecule has 32 heavy (non-hydrogen) atoms. The third-order valence-corrected chi connectivity index (χ3v) is 8.29. The molecule has 0 bridgehead atoms. The number of carbonyl (C=O) groups is 2. The minimum Gasteiger partial charge on any atom is -0.368 e. The van der Waals surface area contributed by atoms with Gasteiger partial charge in [-0.25, -0.2) is 13.2 Å². The van der Waals surface area contributed by atoms with Gasteiger partial charge >= 0.3 is 6.03 Å². The Hall–Kier alpha value is -2.75. The zero-order valence-electron chi connectivity index (χ0n) is 17.5. The zero-order valence-corrected chi connectivity index (χ0v) is 18.4. The van der Waals surface area contributed by atoms with E-state index in [1.54, 1.807) is 47.4 Å². The topological polar surface area (TPSA) is 105 Å². The number of rotatable bonds is 3. The lowest BCUT2D eigenvalue weighted by Crippen LogP contribution is -2.48. The van der Waals surface area contributed by atoms with Crippen molar-refractivity contribution in [2.45, 2.75) is 28.7 Å². The summed E-state index contributed by atoms with van der Waals surface area (Å²) in [5.41, 5.74) is 1.79. The first-order chi connectivity index (χ1) is 15.4. The van der Waals surface area contributed by atoms with Crippen LogP contribution in [0.25, 0.3) is 11.1 Å². The Kier molecular flexibility index (Phi) is 5.48. The molecule has 2 amide bonds. The second-order valence-corrected chi connectivity index (χ2v) is 10.3. The molecule has 168 valence electrons. The van der Waals surface area contributed by atoms with Gasteiger partial charge in [0.05, 0.1) is 16.4 Å². The molecule has 1 atom stereocenters. The summed E-state index contributed by atoms with van der Waals surface area (Å²) in [7, 11) is -3.52. The fourth-order valence-corrected chi connectivity index (χ4v) is 6.34. The lowest BCUT2D eigenvalue weighted by molar-refractivity contribution is -0.137. The Morgan fingerprint density at radius 2 is 1.78 bits per heavy atom. The highest BCUT2D eigenvalue weighted by atomic mass is 32.2. The second kappa shape index (κ2) is 8.31. The van der Waals surface area contributed by atoms with Crippen LogP contribution in [0.15, 0.2) is 52.3 Å². The van der Waals surface area contributed by atoms with E-state index in [9.17, 15) is 18.0 Å². The number of sulfone groups is 1. The Morgan fingerprint density at radius 3 is 2.53 bits per heavy atom. The van der Waals surface area contributed by atoms with E-state index >= 15 is 0 Å². The van der Waals surface area contributed by atoms with Gasteiger partial charge in [0.15, 0.2) is 5.78 Å². The van der Waals surface area contributed by atoms with E-state index in [0.29, 0.717) is 60.8 Å². The number of hydrogen-bond donors (Lipinski definition) is 2. The summed E-state index contributed by atoms with van der Waals surface area (Å²) in [6, 6.07) is 11.5. The highest BCUT2D eigenvalue weighted by Gasteiger charge is 2.34. The number of urea groups is 1. The normalized spacial score (nSPS) is 22.1. The van der Waals surface area contributed by atoms with Crippen molar-refractivity contribution in [3.63, 3.8) is 0 Å². The molecule has 2 N–H and O–H groups in total. The van der Waals surface area contributed by atoms with Crippen molar-refractivity contribution in [3.8, 4) is 11.1 Å².